The molecule has 0 fully saturated rings. The highest BCUT2D eigenvalue weighted by Crippen LogP contribution is 2.09. The van der Waals surface area contributed by atoms with E-state index in [1.54, 1.807) is 0 Å². The molecule has 0 saturated carbocycles. The molecule has 0 spiro atoms. The summed E-state index contributed by atoms with van der Waals surface area (Å²) >= 11 is 3.03. The summed E-state index contributed by atoms with van der Waals surface area (Å²) in [6.07, 6.45) is 3.20. The number of thiophene rings is 2. The topological polar surface area (TPSA) is 82.9 Å². The normalized spacial score (nSPS) is 11.1. The Bertz CT molecular complexity index is 590. The minimum absolute atomic E-state index is 0.200. The lowest BCUT2D eigenvalue weighted by atomic mass is 10.3. The van der Waals surface area contributed by atoms with Gasteiger partial charge in [-0.05, 0) is 22.9 Å². The van der Waals surface area contributed by atoms with Crippen LogP contribution in [-0.2, 0) is 22.4 Å². The molecule has 0 atom stereocenters. The number of rotatable bonds is 7. The molecular formula is C14H14N4O2S2. The van der Waals surface area contributed by atoms with E-state index in [1.807, 2.05) is 35.0 Å². The molecule has 2 rings (SSSR count). The molecule has 0 aliphatic rings. The molecule has 2 heterocycles. The Labute approximate surface area is 135 Å². The minimum Gasteiger partial charge on any atom is -0.273 e. The zero-order valence-corrected chi connectivity index (χ0v) is 13.2. The van der Waals surface area contributed by atoms with Crippen LogP contribution in [0.15, 0.2) is 45.2 Å². The zero-order valence-electron chi connectivity index (χ0n) is 11.6. The molecule has 0 unspecified atom stereocenters. The van der Waals surface area contributed by atoms with Gasteiger partial charge in [0.2, 0.25) is 11.8 Å². The molecule has 0 aliphatic carbocycles. The maximum absolute atomic E-state index is 11.5. The third kappa shape index (κ3) is 5.98. The van der Waals surface area contributed by atoms with E-state index < -0.39 is 0 Å². The second-order valence-corrected chi connectivity index (χ2v) is 6.20. The van der Waals surface area contributed by atoms with Crippen LogP contribution in [-0.4, -0.2) is 24.2 Å². The number of carbonyl (C=O) groups is 2. The molecule has 0 radical (unpaired) electrons. The van der Waals surface area contributed by atoms with E-state index >= 15 is 0 Å². The zero-order chi connectivity index (χ0) is 15.6. The number of amides is 2. The van der Waals surface area contributed by atoms with Crippen LogP contribution >= 0.6 is 22.7 Å². The number of nitrogens with one attached hydrogen (secondary N) is 2. The SMILES string of the molecule is O=C(Cc1cccs1)N/N=C\C=N/NC(=O)Cc1cccs1. The number of nitrogens with zero attached hydrogens (tertiary/aromatic N) is 2. The van der Waals surface area contributed by atoms with E-state index in [9.17, 15) is 9.59 Å². The van der Waals surface area contributed by atoms with Gasteiger partial charge in [0.25, 0.3) is 0 Å². The lowest BCUT2D eigenvalue weighted by Crippen LogP contribution is -2.20. The molecule has 2 N–H and O–H groups in total. The fourth-order valence-corrected chi connectivity index (χ4v) is 2.91. The second-order valence-electron chi connectivity index (χ2n) is 4.14. The standard InChI is InChI=1S/C14H14N4O2S2/c19-13(9-11-3-1-7-21-11)17-15-5-6-16-18-14(20)10-12-4-2-8-22-12/h1-8H,9-10H2,(H,17,19)(H,18,20)/b15-5-,16-6-. The van der Waals surface area contributed by atoms with Crippen molar-refractivity contribution < 1.29 is 9.59 Å². The smallest absolute Gasteiger partial charge is 0.245 e. The first kappa shape index (κ1) is 16.1. The van der Waals surface area contributed by atoms with Gasteiger partial charge >= 0.3 is 0 Å². The van der Waals surface area contributed by atoms with Gasteiger partial charge in [0.1, 0.15) is 0 Å². The Morgan fingerprint density at radius 3 is 1.73 bits per heavy atom. The van der Waals surface area contributed by atoms with Crippen molar-refractivity contribution in [1.29, 1.82) is 0 Å². The first-order chi connectivity index (χ1) is 10.7. The Kier molecular flexibility index (Phi) is 6.46. The minimum atomic E-state index is -0.200. The average Bonchev–Trinajstić information content (AvgIpc) is 3.16. The van der Waals surface area contributed by atoms with Crippen molar-refractivity contribution in [2.75, 3.05) is 0 Å². The monoisotopic (exact) mass is 334 g/mol. The fraction of sp³-hybridized carbons (Fsp3) is 0.143. The summed E-state index contributed by atoms with van der Waals surface area (Å²) in [5.74, 6) is -0.400. The maximum atomic E-state index is 11.5. The van der Waals surface area contributed by atoms with Gasteiger partial charge < -0.3 is 0 Å². The largest absolute Gasteiger partial charge is 0.273 e. The van der Waals surface area contributed by atoms with Gasteiger partial charge in [0, 0.05) is 9.75 Å². The van der Waals surface area contributed by atoms with E-state index in [0.717, 1.165) is 9.75 Å². The van der Waals surface area contributed by atoms with E-state index in [2.05, 4.69) is 21.1 Å². The van der Waals surface area contributed by atoms with E-state index in [4.69, 9.17) is 0 Å². The molecule has 0 bridgehead atoms. The van der Waals surface area contributed by atoms with Crippen molar-refractivity contribution >= 4 is 46.9 Å². The number of hydrazone groups is 2. The highest BCUT2D eigenvalue weighted by molar-refractivity contribution is 7.10. The Morgan fingerprint density at radius 2 is 1.36 bits per heavy atom. The van der Waals surface area contributed by atoms with Gasteiger partial charge in [0.15, 0.2) is 0 Å². The number of carbonyl (C=O) groups excluding carboxylic acids is 2. The van der Waals surface area contributed by atoms with Gasteiger partial charge in [-0.3, -0.25) is 9.59 Å². The Balaban J connectivity index is 1.62. The van der Waals surface area contributed by atoms with Gasteiger partial charge in [-0.1, -0.05) is 12.1 Å². The van der Waals surface area contributed by atoms with Crippen LogP contribution in [0.2, 0.25) is 0 Å². The van der Waals surface area contributed by atoms with Crippen molar-refractivity contribution in [3.05, 3.63) is 44.8 Å². The van der Waals surface area contributed by atoms with Gasteiger partial charge in [-0.15, -0.1) is 22.7 Å². The Hall–Kier alpha value is -2.32. The molecule has 8 heteroatoms. The van der Waals surface area contributed by atoms with E-state index in [0.29, 0.717) is 12.8 Å². The van der Waals surface area contributed by atoms with Crippen LogP contribution in [0.3, 0.4) is 0 Å². The Morgan fingerprint density at radius 1 is 0.909 bits per heavy atom. The summed E-state index contributed by atoms with van der Waals surface area (Å²) in [6, 6.07) is 7.56. The average molecular weight is 334 g/mol. The summed E-state index contributed by atoms with van der Waals surface area (Å²) in [7, 11) is 0. The van der Waals surface area contributed by atoms with Crippen molar-refractivity contribution in [2.24, 2.45) is 10.2 Å². The fourth-order valence-electron chi connectivity index (χ4n) is 1.51. The van der Waals surface area contributed by atoms with Gasteiger partial charge in [-0.2, -0.15) is 10.2 Å². The number of hydrogen-bond acceptors (Lipinski definition) is 6. The van der Waals surface area contributed by atoms with E-state index in [1.165, 1.54) is 35.1 Å². The highest BCUT2D eigenvalue weighted by Gasteiger charge is 2.02. The second kappa shape index (κ2) is 8.85. The van der Waals surface area contributed by atoms with E-state index in [-0.39, 0.29) is 11.8 Å². The van der Waals surface area contributed by atoms with Crippen LogP contribution in [0.1, 0.15) is 9.75 Å². The summed E-state index contributed by atoms with van der Waals surface area (Å²) in [6.45, 7) is 0. The summed E-state index contributed by atoms with van der Waals surface area (Å²) in [5.41, 5.74) is 4.76. The van der Waals surface area contributed by atoms with Crippen molar-refractivity contribution in [2.45, 2.75) is 12.8 Å². The van der Waals surface area contributed by atoms with Crippen LogP contribution < -0.4 is 10.9 Å². The molecule has 6 nitrogen and oxygen atoms in total. The lowest BCUT2D eigenvalue weighted by molar-refractivity contribution is -0.121. The molecule has 2 amide bonds. The lowest BCUT2D eigenvalue weighted by Gasteiger charge is -1.96. The maximum Gasteiger partial charge on any atom is 0.245 e. The molecule has 2 aromatic rings. The van der Waals surface area contributed by atoms with Crippen LogP contribution in [0.5, 0.6) is 0 Å². The molecule has 114 valence electrons. The third-order valence-corrected chi connectivity index (χ3v) is 4.18. The van der Waals surface area contributed by atoms with Crippen molar-refractivity contribution in [1.82, 2.24) is 10.9 Å². The predicted molar refractivity (Wildman–Crippen MR) is 89.3 cm³/mol. The molecule has 22 heavy (non-hydrogen) atoms. The van der Waals surface area contributed by atoms with Gasteiger partial charge in [-0.25, -0.2) is 10.9 Å². The molecule has 0 aromatic carbocycles. The predicted octanol–water partition coefficient (Wildman–Crippen LogP) is 1.80. The highest BCUT2D eigenvalue weighted by atomic mass is 32.1. The first-order valence-electron chi connectivity index (χ1n) is 6.41. The first-order valence-corrected chi connectivity index (χ1v) is 8.17. The van der Waals surface area contributed by atoms with Gasteiger partial charge in [0.05, 0.1) is 25.3 Å². The molecule has 0 saturated heterocycles. The van der Waals surface area contributed by atoms with Crippen LogP contribution in [0.25, 0.3) is 0 Å². The molecule has 0 aliphatic heterocycles. The quantitative estimate of drug-likeness (QED) is 0.598. The summed E-state index contributed by atoms with van der Waals surface area (Å²) in [4.78, 5) is 24.9. The third-order valence-electron chi connectivity index (χ3n) is 2.42. The number of hydrogen-bond donors (Lipinski definition) is 2. The molecule has 2 aromatic heterocycles. The van der Waals surface area contributed by atoms with Crippen molar-refractivity contribution in [3.63, 3.8) is 0 Å². The molecular weight excluding hydrogens is 320 g/mol. The van der Waals surface area contributed by atoms with Crippen LogP contribution in [0, 0.1) is 0 Å². The summed E-state index contributed by atoms with van der Waals surface area (Å²) < 4.78 is 0. The van der Waals surface area contributed by atoms with Crippen molar-refractivity contribution in [3.8, 4) is 0 Å². The van der Waals surface area contributed by atoms with Crippen LogP contribution in [0.4, 0.5) is 0 Å². The summed E-state index contributed by atoms with van der Waals surface area (Å²) in [5, 5.41) is 11.2.